The van der Waals surface area contributed by atoms with Crippen molar-refractivity contribution in [2.75, 3.05) is 20.8 Å². The van der Waals surface area contributed by atoms with Crippen molar-refractivity contribution in [3.05, 3.63) is 59.7 Å². The summed E-state index contributed by atoms with van der Waals surface area (Å²) in [6, 6.07) is 12.3. The molecule has 2 rings (SSSR count). The van der Waals surface area contributed by atoms with Crippen LogP contribution in [0, 0.1) is 5.92 Å². The topological polar surface area (TPSA) is 98.9 Å². The molecule has 0 heterocycles. The van der Waals surface area contributed by atoms with E-state index in [1.807, 2.05) is 0 Å². The SMILES string of the molecule is COc1ccc(C(=O)CN(C(=O)c2ccccc2)C(C(N)=O)C(C)C)cc1OC. The third kappa shape index (κ3) is 5.13. The molecule has 0 fully saturated rings. The number of primary amides is 1. The molecule has 0 spiro atoms. The number of nitrogens with two attached hydrogens (primary N) is 1. The maximum absolute atomic E-state index is 13.1. The lowest BCUT2D eigenvalue weighted by Crippen LogP contribution is -2.52. The lowest BCUT2D eigenvalue weighted by Gasteiger charge is -2.32. The van der Waals surface area contributed by atoms with Crippen molar-refractivity contribution in [1.82, 2.24) is 4.90 Å². The van der Waals surface area contributed by atoms with Crippen LogP contribution >= 0.6 is 0 Å². The Morgan fingerprint density at radius 2 is 1.55 bits per heavy atom. The molecule has 0 saturated heterocycles. The third-order valence-corrected chi connectivity index (χ3v) is 4.56. The molecule has 0 aliphatic heterocycles. The van der Waals surface area contributed by atoms with Gasteiger partial charge in [-0.25, -0.2) is 0 Å². The highest BCUT2D eigenvalue weighted by Crippen LogP contribution is 2.28. The number of nitrogens with zero attached hydrogens (tertiary/aromatic N) is 1. The Morgan fingerprint density at radius 3 is 2.07 bits per heavy atom. The average molecular weight is 398 g/mol. The molecule has 7 nitrogen and oxygen atoms in total. The van der Waals surface area contributed by atoms with E-state index in [0.29, 0.717) is 22.6 Å². The summed E-state index contributed by atoms with van der Waals surface area (Å²) in [6.07, 6.45) is 0. The number of amides is 2. The minimum absolute atomic E-state index is 0.265. The van der Waals surface area contributed by atoms with E-state index in [0.717, 1.165) is 0 Å². The third-order valence-electron chi connectivity index (χ3n) is 4.56. The largest absolute Gasteiger partial charge is 0.493 e. The van der Waals surface area contributed by atoms with Gasteiger partial charge in [0.05, 0.1) is 20.8 Å². The number of hydrogen-bond acceptors (Lipinski definition) is 5. The molecule has 2 aromatic rings. The van der Waals surface area contributed by atoms with Crippen molar-refractivity contribution in [2.24, 2.45) is 11.7 Å². The Kier molecular flexibility index (Phi) is 7.36. The normalized spacial score (nSPS) is 11.6. The molecule has 0 aromatic heterocycles. The van der Waals surface area contributed by atoms with Crippen LogP contribution < -0.4 is 15.2 Å². The van der Waals surface area contributed by atoms with Gasteiger partial charge in [0.15, 0.2) is 17.3 Å². The van der Waals surface area contributed by atoms with E-state index in [4.69, 9.17) is 15.2 Å². The number of carbonyl (C=O) groups excluding carboxylic acids is 3. The standard InChI is InChI=1S/C22H26N2O5/c1-14(2)20(21(23)26)24(22(27)15-8-6-5-7-9-15)13-17(25)16-10-11-18(28-3)19(12-16)29-4/h5-12,14,20H,13H2,1-4H3,(H2,23,26). The van der Waals surface area contributed by atoms with Crippen LogP contribution in [0.5, 0.6) is 11.5 Å². The van der Waals surface area contributed by atoms with Crippen LogP contribution in [0.1, 0.15) is 34.6 Å². The van der Waals surface area contributed by atoms with Crippen LogP contribution in [-0.4, -0.2) is 49.3 Å². The molecule has 0 aliphatic rings. The molecule has 154 valence electrons. The van der Waals surface area contributed by atoms with Gasteiger partial charge in [0.1, 0.15) is 6.04 Å². The molecular weight excluding hydrogens is 372 g/mol. The maximum atomic E-state index is 13.1. The monoisotopic (exact) mass is 398 g/mol. The van der Waals surface area contributed by atoms with E-state index in [1.165, 1.54) is 19.1 Å². The van der Waals surface area contributed by atoms with Crippen molar-refractivity contribution in [3.8, 4) is 11.5 Å². The fraction of sp³-hybridized carbons (Fsp3) is 0.318. The van der Waals surface area contributed by atoms with Crippen LogP contribution in [0.25, 0.3) is 0 Å². The number of benzene rings is 2. The number of rotatable bonds is 9. The number of Topliss-reactive ketones (excluding diaryl/α,β-unsaturated/α-hetero) is 1. The van der Waals surface area contributed by atoms with Crippen molar-refractivity contribution >= 4 is 17.6 Å². The lowest BCUT2D eigenvalue weighted by molar-refractivity contribution is -0.123. The first kappa shape index (κ1) is 21.9. The molecule has 7 heteroatoms. The van der Waals surface area contributed by atoms with Gasteiger partial charge in [-0.2, -0.15) is 0 Å². The van der Waals surface area contributed by atoms with Gasteiger partial charge < -0.3 is 20.1 Å². The first-order chi connectivity index (χ1) is 13.8. The quantitative estimate of drug-likeness (QED) is 0.655. The zero-order chi connectivity index (χ0) is 21.6. The van der Waals surface area contributed by atoms with Crippen molar-refractivity contribution in [2.45, 2.75) is 19.9 Å². The second-order valence-corrected chi connectivity index (χ2v) is 6.88. The van der Waals surface area contributed by atoms with E-state index in [2.05, 4.69) is 0 Å². The predicted molar refractivity (Wildman–Crippen MR) is 109 cm³/mol. The molecule has 0 saturated carbocycles. The summed E-state index contributed by atoms with van der Waals surface area (Å²) >= 11 is 0. The number of hydrogen-bond donors (Lipinski definition) is 1. The summed E-state index contributed by atoms with van der Waals surface area (Å²) in [4.78, 5) is 39.4. The molecule has 29 heavy (non-hydrogen) atoms. The van der Waals surface area contributed by atoms with Gasteiger partial charge in [0, 0.05) is 11.1 Å². The predicted octanol–water partition coefficient (Wildman–Crippen LogP) is 2.54. The zero-order valence-corrected chi connectivity index (χ0v) is 17.0. The smallest absolute Gasteiger partial charge is 0.254 e. The second kappa shape index (κ2) is 9.73. The van der Waals surface area contributed by atoms with Gasteiger partial charge in [-0.05, 0) is 36.2 Å². The van der Waals surface area contributed by atoms with Gasteiger partial charge in [-0.1, -0.05) is 32.0 Å². The minimum atomic E-state index is -0.924. The molecule has 1 unspecified atom stereocenters. The zero-order valence-electron chi connectivity index (χ0n) is 17.0. The first-order valence-electron chi connectivity index (χ1n) is 9.20. The van der Waals surface area contributed by atoms with Gasteiger partial charge in [0.2, 0.25) is 5.91 Å². The molecule has 0 aliphatic carbocycles. The van der Waals surface area contributed by atoms with Crippen LogP contribution in [0.2, 0.25) is 0 Å². The molecule has 2 amide bonds. The number of ketones is 1. The molecule has 2 N–H and O–H groups in total. The van der Waals surface area contributed by atoms with E-state index < -0.39 is 17.9 Å². The second-order valence-electron chi connectivity index (χ2n) is 6.88. The highest BCUT2D eigenvalue weighted by atomic mass is 16.5. The highest BCUT2D eigenvalue weighted by molar-refractivity contribution is 6.04. The van der Waals surface area contributed by atoms with E-state index in [1.54, 1.807) is 62.4 Å². The number of carbonyl (C=O) groups is 3. The lowest BCUT2D eigenvalue weighted by atomic mass is 9.99. The fourth-order valence-electron chi connectivity index (χ4n) is 3.14. The minimum Gasteiger partial charge on any atom is -0.493 e. The van der Waals surface area contributed by atoms with Crippen molar-refractivity contribution < 1.29 is 23.9 Å². The summed E-state index contributed by atoms with van der Waals surface area (Å²) in [7, 11) is 2.97. The van der Waals surface area contributed by atoms with Crippen LogP contribution in [-0.2, 0) is 4.79 Å². The fourth-order valence-corrected chi connectivity index (χ4v) is 3.14. The Morgan fingerprint density at radius 1 is 0.931 bits per heavy atom. The molecule has 0 radical (unpaired) electrons. The van der Waals surface area contributed by atoms with E-state index in [-0.39, 0.29) is 18.2 Å². The maximum Gasteiger partial charge on any atom is 0.254 e. The molecule has 0 bridgehead atoms. The van der Waals surface area contributed by atoms with Gasteiger partial charge in [-0.15, -0.1) is 0 Å². The van der Waals surface area contributed by atoms with Crippen LogP contribution in [0.15, 0.2) is 48.5 Å². The summed E-state index contributed by atoms with van der Waals surface area (Å²) < 4.78 is 10.4. The van der Waals surface area contributed by atoms with Gasteiger partial charge >= 0.3 is 0 Å². The van der Waals surface area contributed by atoms with Crippen molar-refractivity contribution in [1.29, 1.82) is 0 Å². The Labute approximate surface area is 170 Å². The van der Waals surface area contributed by atoms with E-state index in [9.17, 15) is 14.4 Å². The Bertz CT molecular complexity index is 880. The number of methoxy groups -OCH3 is 2. The Balaban J connectivity index is 2.40. The van der Waals surface area contributed by atoms with Crippen LogP contribution in [0.4, 0.5) is 0 Å². The molecular formula is C22H26N2O5. The van der Waals surface area contributed by atoms with Crippen molar-refractivity contribution in [3.63, 3.8) is 0 Å². The first-order valence-corrected chi connectivity index (χ1v) is 9.20. The van der Waals surface area contributed by atoms with E-state index >= 15 is 0 Å². The summed E-state index contributed by atoms with van der Waals surface area (Å²) in [5.74, 6) is -0.824. The molecule has 1 atom stereocenters. The van der Waals surface area contributed by atoms with Crippen LogP contribution in [0.3, 0.4) is 0 Å². The number of ether oxygens (including phenoxy) is 2. The Hall–Kier alpha value is -3.35. The summed E-state index contributed by atoms with van der Waals surface area (Å²) in [6.45, 7) is 3.26. The molecule has 2 aromatic carbocycles. The highest BCUT2D eigenvalue weighted by Gasteiger charge is 2.33. The van der Waals surface area contributed by atoms with Gasteiger partial charge in [-0.3, -0.25) is 14.4 Å². The summed E-state index contributed by atoms with van der Waals surface area (Å²) in [5.41, 5.74) is 6.28. The average Bonchev–Trinajstić information content (AvgIpc) is 2.72. The van der Waals surface area contributed by atoms with Gasteiger partial charge in [0.25, 0.3) is 5.91 Å². The summed E-state index contributed by atoms with van der Waals surface area (Å²) in [5, 5.41) is 0.